The third-order valence-electron chi connectivity index (χ3n) is 4.02. The van der Waals surface area contributed by atoms with Crippen molar-refractivity contribution < 1.29 is 19.1 Å². The Kier molecular flexibility index (Phi) is 5.52. The van der Waals surface area contributed by atoms with E-state index < -0.39 is 11.7 Å². The summed E-state index contributed by atoms with van der Waals surface area (Å²) < 4.78 is 10.9. The van der Waals surface area contributed by atoms with Crippen LogP contribution < -0.4 is 10.1 Å². The molecule has 3 atom stereocenters. The maximum atomic E-state index is 12.1. The van der Waals surface area contributed by atoms with Crippen LogP contribution in [0.3, 0.4) is 0 Å². The van der Waals surface area contributed by atoms with E-state index >= 15 is 0 Å². The Morgan fingerprint density at radius 2 is 1.92 bits per heavy atom. The van der Waals surface area contributed by atoms with Crippen molar-refractivity contribution in [3.8, 4) is 5.75 Å². The quantitative estimate of drug-likeness (QED) is 0.647. The van der Waals surface area contributed by atoms with Crippen LogP contribution in [0.2, 0.25) is 0 Å². The first kappa shape index (κ1) is 18.3. The van der Waals surface area contributed by atoms with Crippen LogP contribution in [0.25, 0.3) is 0 Å². The average molecular weight is 333 g/mol. The predicted molar refractivity (Wildman–Crippen MR) is 91.7 cm³/mol. The predicted octanol–water partition coefficient (Wildman–Crippen LogP) is 4.22. The van der Waals surface area contributed by atoms with Crippen LogP contribution >= 0.6 is 0 Å². The first-order chi connectivity index (χ1) is 11.2. The Balaban J connectivity index is 2.10. The van der Waals surface area contributed by atoms with Crippen molar-refractivity contribution in [2.24, 2.45) is 11.8 Å². The monoisotopic (exact) mass is 333 g/mol. The first-order valence-corrected chi connectivity index (χ1v) is 8.51. The summed E-state index contributed by atoms with van der Waals surface area (Å²) in [5, 5.41) is 2.85. The van der Waals surface area contributed by atoms with E-state index in [2.05, 4.69) is 5.32 Å². The number of esters is 1. The van der Waals surface area contributed by atoms with E-state index in [1.54, 1.807) is 6.07 Å². The molecule has 132 valence electrons. The van der Waals surface area contributed by atoms with Crippen LogP contribution in [-0.2, 0) is 9.53 Å². The molecule has 0 unspecified atom stereocenters. The molecule has 1 saturated carbocycles. The zero-order chi connectivity index (χ0) is 17.9. The first-order valence-electron chi connectivity index (χ1n) is 8.51. The minimum atomic E-state index is -0.559. The van der Waals surface area contributed by atoms with Gasteiger partial charge < -0.3 is 14.8 Å². The van der Waals surface area contributed by atoms with Gasteiger partial charge in [0.15, 0.2) is 0 Å². The second-order valence-electron chi connectivity index (χ2n) is 7.39. The Morgan fingerprint density at radius 1 is 1.29 bits per heavy atom. The van der Waals surface area contributed by atoms with Crippen LogP contribution in [0.4, 0.5) is 4.79 Å². The van der Waals surface area contributed by atoms with E-state index in [1.807, 2.05) is 52.8 Å². The number of nitrogens with one attached hydrogen (secondary N) is 1. The summed E-state index contributed by atoms with van der Waals surface area (Å²) in [6.45, 7) is 9.46. The number of hydrogen-bond acceptors (Lipinski definition) is 4. The van der Waals surface area contributed by atoms with E-state index in [0.29, 0.717) is 18.1 Å². The van der Waals surface area contributed by atoms with Crippen molar-refractivity contribution in [1.82, 2.24) is 5.32 Å². The van der Waals surface area contributed by atoms with Gasteiger partial charge in [-0.2, -0.15) is 0 Å². The number of para-hydroxylation sites is 1. The number of rotatable bonds is 5. The topological polar surface area (TPSA) is 64.6 Å². The number of alkyl carbamates (subject to hydrolysis) is 1. The molecule has 0 spiro atoms. The van der Waals surface area contributed by atoms with Crippen LogP contribution in [0.1, 0.15) is 59.1 Å². The van der Waals surface area contributed by atoms with Gasteiger partial charge in [-0.15, -0.1) is 0 Å². The molecule has 2 rings (SSSR count). The highest BCUT2D eigenvalue weighted by Gasteiger charge is 2.41. The molecule has 5 heteroatoms. The molecule has 0 aromatic heterocycles. The summed E-state index contributed by atoms with van der Waals surface area (Å²) in [4.78, 5) is 24.2. The summed E-state index contributed by atoms with van der Waals surface area (Å²) in [7, 11) is 0. The minimum Gasteiger partial charge on any atom is -0.444 e. The molecule has 5 nitrogen and oxygen atoms in total. The van der Waals surface area contributed by atoms with Gasteiger partial charge in [0.2, 0.25) is 0 Å². The average Bonchev–Trinajstić information content (AvgIpc) is 3.21. The molecule has 1 amide bonds. The van der Waals surface area contributed by atoms with Gasteiger partial charge in [0, 0.05) is 5.56 Å². The smallest absolute Gasteiger partial charge is 0.408 e. The number of carbonyl (C=O) groups is 2. The summed E-state index contributed by atoms with van der Waals surface area (Å²) in [6.07, 6.45) is 1.06. The van der Waals surface area contributed by atoms with Crippen LogP contribution in [0.15, 0.2) is 24.3 Å². The number of benzene rings is 1. The second-order valence-corrected chi connectivity index (χ2v) is 7.39. The second kappa shape index (κ2) is 7.24. The molecule has 1 N–H and O–H groups in total. The fraction of sp³-hybridized carbons (Fsp3) is 0.579. The normalized spacial score (nSPS) is 20.9. The molecule has 1 aliphatic carbocycles. The zero-order valence-electron chi connectivity index (χ0n) is 15.1. The minimum absolute atomic E-state index is 0.00283. The number of carbonyl (C=O) groups excluding carboxylic acids is 2. The molecular weight excluding hydrogens is 306 g/mol. The standard InChI is InChI=1S/C19H27NO4/c1-6-15(20-18(22)24-19(3,4)5)13-9-7-8-10-16(13)23-17(21)14-11-12(14)2/h7-10,12,14-15H,6,11H2,1-5H3,(H,20,22)/t12-,14+,15-/m0/s1. The fourth-order valence-corrected chi connectivity index (χ4v) is 2.55. The van der Waals surface area contributed by atoms with Gasteiger partial charge in [-0.3, -0.25) is 4.79 Å². The van der Waals surface area contributed by atoms with Crippen molar-refractivity contribution in [2.75, 3.05) is 0 Å². The molecule has 0 bridgehead atoms. The Labute approximate surface area is 143 Å². The van der Waals surface area contributed by atoms with Gasteiger partial charge in [-0.05, 0) is 45.6 Å². The Hall–Kier alpha value is -2.04. The molecule has 0 saturated heterocycles. The van der Waals surface area contributed by atoms with E-state index in [-0.39, 0.29) is 17.9 Å². The zero-order valence-corrected chi connectivity index (χ0v) is 15.1. The van der Waals surface area contributed by atoms with Gasteiger partial charge in [0.1, 0.15) is 11.4 Å². The van der Waals surface area contributed by atoms with Gasteiger partial charge in [0.25, 0.3) is 0 Å². The molecule has 1 aromatic rings. The third kappa shape index (κ3) is 4.98. The summed E-state index contributed by atoms with van der Waals surface area (Å²) in [6, 6.07) is 7.04. The van der Waals surface area contributed by atoms with Crippen LogP contribution in [0.5, 0.6) is 5.75 Å². The molecule has 0 aliphatic heterocycles. The van der Waals surface area contributed by atoms with Crippen molar-refractivity contribution in [1.29, 1.82) is 0 Å². The molecule has 1 aromatic carbocycles. The Bertz CT molecular complexity index is 606. The molecule has 1 aliphatic rings. The lowest BCUT2D eigenvalue weighted by molar-refractivity contribution is -0.136. The summed E-state index contributed by atoms with van der Waals surface area (Å²) in [5.41, 5.74) is 0.226. The summed E-state index contributed by atoms with van der Waals surface area (Å²) >= 11 is 0. The Morgan fingerprint density at radius 3 is 2.46 bits per heavy atom. The van der Waals surface area contributed by atoms with Gasteiger partial charge in [-0.1, -0.05) is 32.0 Å². The van der Waals surface area contributed by atoms with Gasteiger partial charge in [-0.25, -0.2) is 4.79 Å². The van der Waals surface area contributed by atoms with Gasteiger partial charge in [0.05, 0.1) is 12.0 Å². The molecule has 1 fully saturated rings. The van der Waals surface area contributed by atoms with Crippen molar-refractivity contribution in [3.05, 3.63) is 29.8 Å². The van der Waals surface area contributed by atoms with Crippen molar-refractivity contribution in [3.63, 3.8) is 0 Å². The molecule has 0 heterocycles. The maximum absolute atomic E-state index is 12.1. The largest absolute Gasteiger partial charge is 0.444 e. The number of hydrogen-bond donors (Lipinski definition) is 1. The van der Waals surface area contributed by atoms with Gasteiger partial charge >= 0.3 is 12.1 Å². The lowest BCUT2D eigenvalue weighted by atomic mass is 10.0. The van der Waals surface area contributed by atoms with E-state index in [1.165, 1.54) is 0 Å². The van der Waals surface area contributed by atoms with Crippen molar-refractivity contribution in [2.45, 2.75) is 59.1 Å². The highest BCUT2D eigenvalue weighted by Crippen LogP contribution is 2.39. The lowest BCUT2D eigenvalue weighted by Gasteiger charge is -2.24. The fourth-order valence-electron chi connectivity index (χ4n) is 2.55. The SMILES string of the molecule is CC[C@H](NC(=O)OC(C)(C)C)c1ccccc1OC(=O)[C@@H]1C[C@@H]1C. The molecule has 24 heavy (non-hydrogen) atoms. The van der Waals surface area contributed by atoms with Crippen LogP contribution in [-0.4, -0.2) is 17.7 Å². The maximum Gasteiger partial charge on any atom is 0.408 e. The molecule has 0 radical (unpaired) electrons. The van der Waals surface area contributed by atoms with E-state index in [0.717, 1.165) is 12.0 Å². The van der Waals surface area contributed by atoms with E-state index in [9.17, 15) is 9.59 Å². The highest BCUT2D eigenvalue weighted by atomic mass is 16.6. The summed E-state index contributed by atoms with van der Waals surface area (Å²) in [5.74, 6) is 0.704. The molecular formula is C19H27NO4. The van der Waals surface area contributed by atoms with Crippen LogP contribution in [0, 0.1) is 11.8 Å². The van der Waals surface area contributed by atoms with E-state index in [4.69, 9.17) is 9.47 Å². The highest BCUT2D eigenvalue weighted by molar-refractivity contribution is 5.78. The van der Waals surface area contributed by atoms with Crippen molar-refractivity contribution >= 4 is 12.1 Å². The number of amides is 1. The third-order valence-corrected chi connectivity index (χ3v) is 4.02. The lowest BCUT2D eigenvalue weighted by Crippen LogP contribution is -2.35. The number of ether oxygens (including phenoxy) is 2.